The molecular formula is C19H29N5O3S. The molecule has 4 rings (SSSR count). The Morgan fingerprint density at radius 3 is 2.79 bits per heavy atom. The summed E-state index contributed by atoms with van der Waals surface area (Å²) in [6.45, 7) is 0.468. The van der Waals surface area contributed by atoms with Crippen LogP contribution in [0.5, 0.6) is 0 Å². The number of hydrogen-bond donors (Lipinski definition) is 2. The molecule has 1 aliphatic heterocycles. The molecule has 2 fully saturated rings. The lowest BCUT2D eigenvalue weighted by atomic mass is 9.86. The highest BCUT2D eigenvalue weighted by molar-refractivity contribution is 7.89. The minimum atomic E-state index is -3.30. The predicted octanol–water partition coefficient (Wildman–Crippen LogP) is 1.74. The van der Waals surface area contributed by atoms with E-state index in [0.717, 1.165) is 55.4 Å². The number of aromatic amines is 1. The van der Waals surface area contributed by atoms with E-state index in [2.05, 4.69) is 26.9 Å². The Balaban J connectivity index is 1.37. The number of hydrogen-bond acceptors (Lipinski definition) is 6. The molecule has 1 unspecified atom stereocenters. The number of sulfonamides is 1. The van der Waals surface area contributed by atoms with E-state index >= 15 is 0 Å². The first-order chi connectivity index (χ1) is 13.5. The molecule has 0 aromatic carbocycles. The predicted molar refractivity (Wildman–Crippen MR) is 109 cm³/mol. The third-order valence-electron chi connectivity index (χ3n) is 6.37. The zero-order chi connectivity index (χ0) is 19.7. The monoisotopic (exact) mass is 407 g/mol. The van der Waals surface area contributed by atoms with E-state index in [1.54, 1.807) is 6.33 Å². The molecule has 0 amide bonds. The molecule has 8 nitrogen and oxygen atoms in total. The fraction of sp³-hybridized carbons (Fsp3) is 0.684. The van der Waals surface area contributed by atoms with Crippen LogP contribution in [0.15, 0.2) is 18.6 Å². The van der Waals surface area contributed by atoms with Crippen LogP contribution in [-0.2, 0) is 10.0 Å². The van der Waals surface area contributed by atoms with E-state index in [-0.39, 0.29) is 24.3 Å². The molecule has 3 heterocycles. The summed E-state index contributed by atoms with van der Waals surface area (Å²) >= 11 is 0. The third kappa shape index (κ3) is 3.75. The summed E-state index contributed by atoms with van der Waals surface area (Å²) in [6.07, 6.45) is 8.76. The van der Waals surface area contributed by atoms with Gasteiger partial charge in [-0.05, 0) is 50.5 Å². The van der Waals surface area contributed by atoms with Crippen LogP contribution in [0.4, 0.5) is 5.82 Å². The SMILES string of the molecule is CN(c1ncnc2[nH]ccc12)[C@H]1CC[C@H](CS(=O)(=O)N2CCCC2CO)CC1. The van der Waals surface area contributed by atoms with Gasteiger partial charge in [0.25, 0.3) is 0 Å². The maximum Gasteiger partial charge on any atom is 0.214 e. The largest absolute Gasteiger partial charge is 0.395 e. The molecule has 2 aliphatic rings. The zero-order valence-electron chi connectivity index (χ0n) is 16.3. The summed E-state index contributed by atoms with van der Waals surface area (Å²) in [5, 5.41) is 10.5. The smallest absolute Gasteiger partial charge is 0.214 e. The van der Waals surface area contributed by atoms with Crippen molar-refractivity contribution >= 4 is 26.9 Å². The van der Waals surface area contributed by atoms with Crippen molar-refractivity contribution in [2.75, 3.05) is 30.9 Å². The molecular weight excluding hydrogens is 378 g/mol. The average molecular weight is 408 g/mol. The fourth-order valence-corrected chi connectivity index (χ4v) is 6.92. The van der Waals surface area contributed by atoms with Gasteiger partial charge in [-0.2, -0.15) is 4.31 Å². The van der Waals surface area contributed by atoms with Gasteiger partial charge in [-0.3, -0.25) is 0 Å². The molecule has 0 bridgehead atoms. The first kappa shape index (κ1) is 19.6. The topological polar surface area (TPSA) is 102 Å². The van der Waals surface area contributed by atoms with Crippen molar-refractivity contribution in [2.45, 2.75) is 50.6 Å². The van der Waals surface area contributed by atoms with Gasteiger partial charge < -0.3 is 15.0 Å². The van der Waals surface area contributed by atoms with E-state index in [9.17, 15) is 13.5 Å². The van der Waals surface area contributed by atoms with Crippen LogP contribution in [0, 0.1) is 5.92 Å². The van der Waals surface area contributed by atoms with Crippen LogP contribution in [0.25, 0.3) is 11.0 Å². The van der Waals surface area contributed by atoms with Crippen molar-refractivity contribution in [2.24, 2.45) is 5.92 Å². The first-order valence-electron chi connectivity index (χ1n) is 10.1. The Labute approximate surface area is 166 Å². The molecule has 1 saturated heterocycles. The first-order valence-corrected chi connectivity index (χ1v) is 11.7. The van der Waals surface area contributed by atoms with E-state index in [0.29, 0.717) is 12.6 Å². The standard InChI is InChI=1S/C19H29N5O3S/c1-23(19-17-8-9-20-18(17)21-13-22-19)15-6-4-14(5-7-15)12-28(26,27)24-10-2-3-16(24)11-25/h8-9,13-16,25H,2-7,10-12H2,1H3,(H,20,21,22)/t14-,15-,16?. The Kier molecular flexibility index (Phi) is 5.57. The van der Waals surface area contributed by atoms with Gasteiger partial charge in [0.05, 0.1) is 17.7 Å². The summed E-state index contributed by atoms with van der Waals surface area (Å²) < 4.78 is 27.2. The molecule has 1 aliphatic carbocycles. The molecule has 1 atom stereocenters. The second kappa shape index (κ2) is 7.96. The average Bonchev–Trinajstić information content (AvgIpc) is 3.36. The normalized spacial score (nSPS) is 26.7. The molecule has 154 valence electrons. The van der Waals surface area contributed by atoms with Gasteiger partial charge in [-0.1, -0.05) is 0 Å². The van der Waals surface area contributed by atoms with Gasteiger partial charge >= 0.3 is 0 Å². The lowest BCUT2D eigenvalue weighted by molar-refractivity contribution is 0.212. The number of anilines is 1. The van der Waals surface area contributed by atoms with E-state index in [1.165, 1.54) is 4.31 Å². The maximum atomic E-state index is 12.8. The summed E-state index contributed by atoms with van der Waals surface area (Å²) in [5.74, 6) is 1.31. The minimum absolute atomic E-state index is 0.0800. The summed E-state index contributed by atoms with van der Waals surface area (Å²) in [6, 6.07) is 2.12. The summed E-state index contributed by atoms with van der Waals surface area (Å²) in [4.78, 5) is 14.1. The number of aliphatic hydroxyl groups excluding tert-OH is 1. The van der Waals surface area contributed by atoms with Crippen molar-refractivity contribution in [3.05, 3.63) is 18.6 Å². The van der Waals surface area contributed by atoms with Crippen molar-refractivity contribution in [3.8, 4) is 0 Å². The van der Waals surface area contributed by atoms with Crippen molar-refractivity contribution in [1.82, 2.24) is 19.3 Å². The van der Waals surface area contributed by atoms with Gasteiger partial charge in [-0.25, -0.2) is 18.4 Å². The summed E-state index contributed by atoms with van der Waals surface area (Å²) in [5.41, 5.74) is 0.834. The number of fused-ring (bicyclic) bond motifs is 1. The molecule has 2 N–H and O–H groups in total. The van der Waals surface area contributed by atoms with E-state index in [1.807, 2.05) is 12.3 Å². The van der Waals surface area contributed by atoms with Crippen LogP contribution in [-0.4, -0.2) is 70.8 Å². The van der Waals surface area contributed by atoms with E-state index < -0.39 is 10.0 Å². The highest BCUT2D eigenvalue weighted by Crippen LogP contribution is 2.33. The summed E-state index contributed by atoms with van der Waals surface area (Å²) in [7, 11) is -1.24. The number of aromatic nitrogens is 3. The number of rotatable bonds is 6. The molecule has 0 spiro atoms. The highest BCUT2D eigenvalue weighted by atomic mass is 32.2. The van der Waals surface area contributed by atoms with Crippen molar-refractivity contribution in [3.63, 3.8) is 0 Å². The minimum Gasteiger partial charge on any atom is -0.395 e. The van der Waals surface area contributed by atoms with Gasteiger partial charge in [0.2, 0.25) is 10.0 Å². The number of H-pyrrole nitrogens is 1. The van der Waals surface area contributed by atoms with Gasteiger partial charge in [0.1, 0.15) is 17.8 Å². The Bertz CT molecular complexity index is 907. The van der Waals surface area contributed by atoms with Crippen LogP contribution < -0.4 is 4.90 Å². The Morgan fingerprint density at radius 2 is 2.04 bits per heavy atom. The molecule has 0 radical (unpaired) electrons. The molecule has 28 heavy (non-hydrogen) atoms. The van der Waals surface area contributed by atoms with Crippen LogP contribution >= 0.6 is 0 Å². The molecule has 1 saturated carbocycles. The Hall–Kier alpha value is -1.71. The lowest BCUT2D eigenvalue weighted by Gasteiger charge is -2.36. The second-order valence-corrected chi connectivity index (χ2v) is 10.1. The third-order valence-corrected chi connectivity index (χ3v) is 8.46. The van der Waals surface area contributed by atoms with Gasteiger partial charge in [0, 0.05) is 31.9 Å². The second-order valence-electron chi connectivity index (χ2n) is 8.09. The number of nitrogens with zero attached hydrogens (tertiary/aromatic N) is 4. The van der Waals surface area contributed by atoms with Crippen LogP contribution in [0.1, 0.15) is 38.5 Å². The molecule has 2 aromatic heterocycles. The van der Waals surface area contributed by atoms with Gasteiger partial charge in [-0.15, -0.1) is 0 Å². The number of aliphatic hydroxyl groups is 1. The van der Waals surface area contributed by atoms with Crippen molar-refractivity contribution < 1.29 is 13.5 Å². The fourth-order valence-electron chi connectivity index (χ4n) is 4.76. The zero-order valence-corrected chi connectivity index (χ0v) is 17.1. The Morgan fingerprint density at radius 1 is 1.25 bits per heavy atom. The number of nitrogens with one attached hydrogen (secondary N) is 1. The van der Waals surface area contributed by atoms with E-state index in [4.69, 9.17) is 0 Å². The lowest BCUT2D eigenvalue weighted by Crippen LogP contribution is -2.42. The molecule has 9 heteroatoms. The molecule has 2 aromatic rings. The maximum absolute atomic E-state index is 12.8. The van der Waals surface area contributed by atoms with Crippen LogP contribution in [0.3, 0.4) is 0 Å². The van der Waals surface area contributed by atoms with Crippen LogP contribution in [0.2, 0.25) is 0 Å². The quantitative estimate of drug-likeness (QED) is 0.756. The van der Waals surface area contributed by atoms with Gasteiger partial charge in [0.15, 0.2) is 0 Å². The highest BCUT2D eigenvalue weighted by Gasteiger charge is 2.36. The van der Waals surface area contributed by atoms with Crippen molar-refractivity contribution in [1.29, 1.82) is 0 Å².